The van der Waals surface area contributed by atoms with Crippen molar-refractivity contribution in [2.24, 2.45) is 0 Å². The zero-order valence-electron chi connectivity index (χ0n) is 23.4. The lowest BCUT2D eigenvalue weighted by Crippen LogP contribution is -2.40. The van der Waals surface area contributed by atoms with E-state index in [2.05, 4.69) is 134 Å². The van der Waals surface area contributed by atoms with Gasteiger partial charge in [0, 0.05) is 27.5 Å². The molecule has 7 aromatic rings. The number of aryl methyl sites for hydroxylation is 1. The minimum absolute atomic E-state index is 0.153. The molecule has 1 unspecified atom stereocenters. The molecule has 0 bridgehead atoms. The summed E-state index contributed by atoms with van der Waals surface area (Å²) in [4.78, 5) is 2.54. The lowest BCUT2D eigenvalue weighted by Gasteiger charge is -2.34. The fourth-order valence-electron chi connectivity index (χ4n) is 7.06. The van der Waals surface area contributed by atoms with Gasteiger partial charge in [0.25, 0.3) is 0 Å². The van der Waals surface area contributed by atoms with Gasteiger partial charge >= 0.3 is 0 Å². The van der Waals surface area contributed by atoms with Crippen molar-refractivity contribution in [1.82, 2.24) is 0 Å². The Labute approximate surface area is 239 Å². The molecule has 41 heavy (non-hydrogen) atoms. The maximum Gasteiger partial charge on any atom is 0.135 e. The zero-order valence-corrected chi connectivity index (χ0v) is 23.4. The molecule has 1 aliphatic carbocycles. The molecule has 1 aromatic heterocycles. The molecule has 2 heteroatoms. The quantitative estimate of drug-likeness (QED) is 0.226. The molecule has 2 nitrogen and oxygen atoms in total. The molecule has 1 aliphatic rings. The van der Waals surface area contributed by atoms with E-state index in [1.54, 1.807) is 0 Å². The van der Waals surface area contributed by atoms with Gasteiger partial charge in [0.15, 0.2) is 0 Å². The fourth-order valence-corrected chi connectivity index (χ4v) is 7.06. The summed E-state index contributed by atoms with van der Waals surface area (Å²) >= 11 is 0. The highest BCUT2D eigenvalue weighted by atomic mass is 16.3. The average Bonchev–Trinajstić information content (AvgIpc) is 3.40. The predicted molar refractivity (Wildman–Crippen MR) is 174 cm³/mol. The first-order chi connectivity index (χ1) is 20.2. The largest absolute Gasteiger partial charge is 0.456 e. The van der Waals surface area contributed by atoms with Crippen molar-refractivity contribution in [2.75, 3.05) is 4.90 Å². The van der Waals surface area contributed by atoms with Crippen molar-refractivity contribution in [3.8, 4) is 0 Å². The Morgan fingerprint density at radius 1 is 0.683 bits per heavy atom. The number of furan rings is 1. The van der Waals surface area contributed by atoms with Gasteiger partial charge in [0.05, 0.1) is 6.04 Å². The van der Waals surface area contributed by atoms with Crippen LogP contribution in [0.1, 0.15) is 24.5 Å². The van der Waals surface area contributed by atoms with Gasteiger partial charge in [-0.1, -0.05) is 97.9 Å². The monoisotopic (exact) mass is 529 g/mol. The molecule has 0 spiro atoms. The first kappa shape index (κ1) is 24.0. The van der Waals surface area contributed by atoms with Gasteiger partial charge in [-0.25, -0.2) is 0 Å². The van der Waals surface area contributed by atoms with Gasteiger partial charge in [0.1, 0.15) is 11.2 Å². The lowest BCUT2D eigenvalue weighted by molar-refractivity contribution is 0.669. The van der Waals surface area contributed by atoms with E-state index in [4.69, 9.17) is 4.42 Å². The van der Waals surface area contributed by atoms with Crippen LogP contribution in [0, 0.1) is 6.92 Å². The Morgan fingerprint density at radius 3 is 2.24 bits per heavy atom. The summed E-state index contributed by atoms with van der Waals surface area (Å²) in [7, 11) is 0. The molecule has 198 valence electrons. The molecule has 6 aromatic carbocycles. The number of anilines is 2. The highest BCUT2D eigenvalue weighted by molar-refractivity contribution is 6.07. The normalized spacial score (nSPS) is 14.7. The molecule has 0 saturated carbocycles. The van der Waals surface area contributed by atoms with Gasteiger partial charge in [0.2, 0.25) is 0 Å². The average molecular weight is 530 g/mol. The summed E-state index contributed by atoms with van der Waals surface area (Å²) in [6.07, 6.45) is 6.98. The van der Waals surface area contributed by atoms with Crippen molar-refractivity contribution < 1.29 is 4.42 Å². The zero-order chi connectivity index (χ0) is 27.5. The Bertz CT molecular complexity index is 2250. The van der Waals surface area contributed by atoms with Crippen LogP contribution >= 0.6 is 0 Å². The number of para-hydroxylation sites is 1. The molecule has 0 radical (unpaired) electrons. The summed E-state index contributed by atoms with van der Waals surface area (Å²) in [5.41, 5.74) is 7.12. The van der Waals surface area contributed by atoms with Crippen LogP contribution in [-0.4, -0.2) is 6.04 Å². The molecule has 0 amide bonds. The standard InChI is InChI=1S/C39H31NO/c1-3-29-25(2)30-13-6-7-15-32(30)35-23-27(19-21-33(29)35)40(37-17-10-12-26-11-4-5-14-31(26)37)28-20-22-39-36(24-28)34-16-8-9-18-38(34)41-39/h4-18,20-24,27H,3,19H2,1-2H3. The topological polar surface area (TPSA) is 16.4 Å². The third-order valence-electron chi connectivity index (χ3n) is 8.96. The highest BCUT2D eigenvalue weighted by Crippen LogP contribution is 2.39. The second-order valence-corrected chi connectivity index (χ2v) is 11.2. The van der Waals surface area contributed by atoms with Crippen LogP contribution in [0.5, 0.6) is 0 Å². The van der Waals surface area contributed by atoms with Gasteiger partial charge in [-0.3, -0.25) is 0 Å². The molecule has 0 fully saturated rings. The first-order valence-corrected chi connectivity index (χ1v) is 14.6. The van der Waals surface area contributed by atoms with E-state index in [0.717, 1.165) is 34.8 Å². The molecule has 1 atom stereocenters. The van der Waals surface area contributed by atoms with Crippen LogP contribution in [0.2, 0.25) is 0 Å². The van der Waals surface area contributed by atoms with Crippen molar-refractivity contribution >= 4 is 67.0 Å². The van der Waals surface area contributed by atoms with Crippen LogP contribution in [0.15, 0.2) is 114 Å². The summed E-state index contributed by atoms with van der Waals surface area (Å²) in [6.45, 7) is 4.57. The summed E-state index contributed by atoms with van der Waals surface area (Å²) in [5, 5.41) is 10.3. The SMILES string of the molecule is CCc1c(C)c2ccccc2c2c1=CCC(N(c1ccc3oc4ccccc4c3c1)c1cccc3ccccc13)C=2. The minimum Gasteiger partial charge on any atom is -0.456 e. The maximum atomic E-state index is 6.21. The van der Waals surface area contributed by atoms with Crippen molar-refractivity contribution in [1.29, 1.82) is 0 Å². The van der Waals surface area contributed by atoms with Crippen LogP contribution in [0.4, 0.5) is 11.4 Å². The Morgan fingerprint density at radius 2 is 1.39 bits per heavy atom. The molecule has 1 heterocycles. The van der Waals surface area contributed by atoms with Crippen LogP contribution < -0.4 is 15.3 Å². The first-order valence-electron chi connectivity index (χ1n) is 14.6. The van der Waals surface area contributed by atoms with Gasteiger partial charge in [-0.05, 0) is 87.8 Å². The van der Waals surface area contributed by atoms with Crippen molar-refractivity contribution in [2.45, 2.75) is 32.7 Å². The van der Waals surface area contributed by atoms with Crippen LogP contribution in [-0.2, 0) is 6.42 Å². The number of rotatable bonds is 4. The molecule has 0 saturated heterocycles. The molecular weight excluding hydrogens is 498 g/mol. The van der Waals surface area contributed by atoms with E-state index >= 15 is 0 Å². The molecular formula is C39H31NO. The third kappa shape index (κ3) is 3.71. The number of nitrogens with zero attached hydrogens (tertiary/aromatic N) is 1. The molecule has 8 rings (SSSR count). The summed E-state index contributed by atoms with van der Waals surface area (Å²) < 4.78 is 6.21. The van der Waals surface area contributed by atoms with E-state index in [-0.39, 0.29) is 6.04 Å². The van der Waals surface area contributed by atoms with Gasteiger partial charge in [-0.15, -0.1) is 0 Å². The van der Waals surface area contributed by atoms with E-state index < -0.39 is 0 Å². The number of hydrogen-bond acceptors (Lipinski definition) is 2. The predicted octanol–water partition coefficient (Wildman–Crippen LogP) is 8.93. The van der Waals surface area contributed by atoms with E-state index in [9.17, 15) is 0 Å². The molecule has 0 aliphatic heterocycles. The van der Waals surface area contributed by atoms with Gasteiger partial charge in [-0.2, -0.15) is 0 Å². The smallest absolute Gasteiger partial charge is 0.135 e. The van der Waals surface area contributed by atoms with Crippen LogP contribution in [0.25, 0.3) is 55.6 Å². The van der Waals surface area contributed by atoms with E-state index in [1.807, 2.05) is 6.07 Å². The van der Waals surface area contributed by atoms with Crippen molar-refractivity contribution in [3.63, 3.8) is 0 Å². The third-order valence-corrected chi connectivity index (χ3v) is 8.96. The van der Waals surface area contributed by atoms with Crippen molar-refractivity contribution in [3.05, 3.63) is 131 Å². The second kappa shape index (κ2) is 9.38. The number of hydrogen-bond donors (Lipinski definition) is 0. The Balaban J connectivity index is 1.42. The highest BCUT2D eigenvalue weighted by Gasteiger charge is 2.24. The van der Waals surface area contributed by atoms with E-state index in [0.29, 0.717) is 0 Å². The van der Waals surface area contributed by atoms with Crippen LogP contribution in [0.3, 0.4) is 0 Å². The number of fused-ring (bicyclic) bond motifs is 7. The Kier molecular flexibility index (Phi) is 5.50. The molecule has 0 N–H and O–H groups in total. The minimum atomic E-state index is 0.153. The summed E-state index contributed by atoms with van der Waals surface area (Å²) in [5.74, 6) is 0. The summed E-state index contributed by atoms with van der Waals surface area (Å²) in [6, 6.07) is 39.5. The number of benzene rings is 6. The fraction of sp³-hybridized carbons (Fsp3) is 0.128. The maximum absolute atomic E-state index is 6.21. The second-order valence-electron chi connectivity index (χ2n) is 11.2. The van der Waals surface area contributed by atoms with E-state index in [1.165, 1.54) is 54.5 Å². The lowest BCUT2D eigenvalue weighted by atomic mass is 9.89. The van der Waals surface area contributed by atoms with Gasteiger partial charge < -0.3 is 9.32 Å². The Hall–Kier alpha value is -4.82.